The molecule has 248 valence electrons. The lowest BCUT2D eigenvalue weighted by Crippen LogP contribution is -2.57. The van der Waals surface area contributed by atoms with Crippen LogP contribution in [0.1, 0.15) is 37.0 Å². The van der Waals surface area contributed by atoms with Gasteiger partial charge in [-0.1, -0.05) is 37.0 Å². The van der Waals surface area contributed by atoms with Gasteiger partial charge in [-0.15, -0.1) is 0 Å². The number of carboxylic acids is 1. The van der Waals surface area contributed by atoms with Gasteiger partial charge < -0.3 is 33.9 Å². The van der Waals surface area contributed by atoms with Crippen LogP contribution in [-0.2, 0) is 7.05 Å². The zero-order valence-electron chi connectivity index (χ0n) is 27.0. The van der Waals surface area contributed by atoms with E-state index in [1.165, 1.54) is 6.20 Å². The van der Waals surface area contributed by atoms with Crippen molar-refractivity contribution in [2.75, 3.05) is 50.1 Å². The maximum atomic E-state index is 12.9. The van der Waals surface area contributed by atoms with E-state index >= 15 is 0 Å². The summed E-state index contributed by atoms with van der Waals surface area (Å²) in [6, 6.07) is 9.39. The van der Waals surface area contributed by atoms with Gasteiger partial charge in [-0.3, -0.25) is 9.59 Å². The molecule has 0 unspecified atom stereocenters. The van der Waals surface area contributed by atoms with E-state index in [4.69, 9.17) is 23.2 Å². The van der Waals surface area contributed by atoms with Crippen molar-refractivity contribution in [3.8, 4) is 5.69 Å². The summed E-state index contributed by atoms with van der Waals surface area (Å²) < 4.78 is 3.46. The van der Waals surface area contributed by atoms with Gasteiger partial charge in [-0.05, 0) is 57.3 Å². The molecule has 47 heavy (non-hydrogen) atoms. The van der Waals surface area contributed by atoms with Crippen molar-refractivity contribution in [2.24, 2.45) is 7.05 Å². The van der Waals surface area contributed by atoms with Crippen LogP contribution in [-0.4, -0.2) is 86.4 Å². The van der Waals surface area contributed by atoms with E-state index in [2.05, 4.69) is 43.7 Å². The molecule has 2 fully saturated rings. The third-order valence-corrected chi connectivity index (χ3v) is 8.94. The minimum atomic E-state index is -1.27. The summed E-state index contributed by atoms with van der Waals surface area (Å²) in [5, 5.41) is 10.5. The summed E-state index contributed by atoms with van der Waals surface area (Å²) >= 11 is 12.1. The number of anilines is 2. The number of benzene rings is 1. The number of pyridine rings is 3. The van der Waals surface area contributed by atoms with Crippen LogP contribution in [0.15, 0.2) is 58.6 Å². The number of rotatable bonds is 5. The molecule has 0 spiro atoms. The van der Waals surface area contributed by atoms with E-state index in [-0.39, 0.29) is 21.5 Å². The van der Waals surface area contributed by atoms with Gasteiger partial charge in [0, 0.05) is 50.9 Å². The molecule has 0 radical (unpaired) electrons. The molecule has 0 amide bonds. The first kappa shape index (κ1) is 34.0. The molecule has 0 bridgehead atoms. The molecule has 12 nitrogen and oxygen atoms in total. The Bertz CT molecular complexity index is 2030. The first-order valence-corrected chi connectivity index (χ1v) is 16.2. The number of aromatic carboxylic acids is 1. The molecule has 0 aliphatic carbocycles. The molecule has 2 aliphatic rings. The maximum absolute atomic E-state index is 12.9. The molecule has 1 aromatic carbocycles. The smallest absolute Gasteiger partial charge is 0.341 e. The zero-order chi connectivity index (χ0) is 34.0. The fourth-order valence-corrected chi connectivity index (χ4v) is 6.07. The normalized spacial score (nSPS) is 14.6. The Morgan fingerprint density at radius 3 is 2.32 bits per heavy atom. The molecule has 2 saturated heterocycles. The molecule has 7 rings (SSSR count). The second-order valence-corrected chi connectivity index (χ2v) is 12.3. The lowest BCUT2D eigenvalue weighted by Gasteiger charge is -2.43. The second-order valence-electron chi connectivity index (χ2n) is 11.5. The summed E-state index contributed by atoms with van der Waals surface area (Å²) in [5.41, 5.74) is 2.42. The van der Waals surface area contributed by atoms with Crippen molar-refractivity contribution in [2.45, 2.75) is 32.7 Å². The van der Waals surface area contributed by atoms with Crippen molar-refractivity contribution < 1.29 is 9.90 Å². The fraction of sp³-hybridized carbons (Fsp3) is 0.364. The quantitative estimate of drug-likeness (QED) is 0.262. The Kier molecular flexibility index (Phi) is 10.2. The second kappa shape index (κ2) is 14.2. The molecule has 5 aromatic rings. The average molecular weight is 682 g/mol. The number of fused-ring (bicyclic) bond motifs is 2. The van der Waals surface area contributed by atoms with Crippen LogP contribution < -0.4 is 20.8 Å². The van der Waals surface area contributed by atoms with Gasteiger partial charge in [-0.25, -0.2) is 14.8 Å². The molecular formula is C33H38Cl2N8O4. The number of carboxylic acid groups (broad SMARTS) is 1. The van der Waals surface area contributed by atoms with Crippen LogP contribution in [0.2, 0.25) is 10.0 Å². The van der Waals surface area contributed by atoms with E-state index < -0.39 is 11.4 Å². The third-order valence-electron chi connectivity index (χ3n) is 8.35. The SMILES string of the molecule is CC.CN(C)C1CN(c2ccc(-n3cc(C(=O)O)c(=O)c4cc(Cl)c(N5CCCC5)cc43)cn2)C1.Cn1cnc2cc(Cl)c(=O)[nH]c21. The predicted octanol–water partition coefficient (Wildman–Crippen LogP) is 5.03. The molecule has 4 aromatic heterocycles. The van der Waals surface area contributed by atoms with Gasteiger partial charge in [0.1, 0.15) is 27.6 Å². The first-order chi connectivity index (χ1) is 22.5. The fourth-order valence-electron chi connectivity index (χ4n) is 5.64. The average Bonchev–Trinajstić information content (AvgIpc) is 3.69. The topological polar surface area (TPSA) is 133 Å². The number of likely N-dealkylation sites (N-methyl/N-ethyl adjacent to an activating group) is 1. The number of hydrogen-bond acceptors (Lipinski definition) is 8. The number of nitrogens with zero attached hydrogens (tertiary/aromatic N) is 7. The van der Waals surface area contributed by atoms with Crippen molar-refractivity contribution in [1.29, 1.82) is 0 Å². The van der Waals surface area contributed by atoms with Crippen molar-refractivity contribution in [3.05, 3.63) is 85.2 Å². The number of halogens is 2. The van der Waals surface area contributed by atoms with Crippen LogP contribution in [0.3, 0.4) is 0 Å². The van der Waals surface area contributed by atoms with Crippen LogP contribution in [0, 0.1) is 0 Å². The number of aromatic amines is 1. The summed E-state index contributed by atoms with van der Waals surface area (Å²) in [7, 11) is 5.95. The molecule has 2 N–H and O–H groups in total. The molecule has 0 saturated carbocycles. The monoisotopic (exact) mass is 680 g/mol. The van der Waals surface area contributed by atoms with Crippen LogP contribution >= 0.6 is 23.2 Å². The van der Waals surface area contributed by atoms with Crippen molar-refractivity contribution >= 4 is 62.7 Å². The van der Waals surface area contributed by atoms with E-state index in [9.17, 15) is 19.5 Å². The summed E-state index contributed by atoms with van der Waals surface area (Å²) in [4.78, 5) is 53.6. The summed E-state index contributed by atoms with van der Waals surface area (Å²) in [6.45, 7) is 7.65. The largest absolute Gasteiger partial charge is 0.477 e. The minimum absolute atomic E-state index is 0.168. The number of aryl methyl sites for hydroxylation is 1. The molecule has 0 atom stereocenters. The Morgan fingerprint density at radius 2 is 1.70 bits per heavy atom. The van der Waals surface area contributed by atoms with Gasteiger partial charge >= 0.3 is 5.97 Å². The van der Waals surface area contributed by atoms with E-state index in [0.717, 1.165) is 50.5 Å². The molecule has 2 aliphatic heterocycles. The van der Waals surface area contributed by atoms with Gasteiger partial charge in [0.05, 0.1) is 34.4 Å². The number of nitrogens with one attached hydrogen (secondary N) is 1. The Balaban J connectivity index is 0.000000258. The highest BCUT2D eigenvalue weighted by Crippen LogP contribution is 2.33. The number of carbonyl (C=O) groups is 1. The number of H-pyrrole nitrogens is 1. The Labute approximate surface area is 281 Å². The van der Waals surface area contributed by atoms with Crippen molar-refractivity contribution in [3.63, 3.8) is 0 Å². The highest BCUT2D eigenvalue weighted by Gasteiger charge is 2.29. The first-order valence-electron chi connectivity index (χ1n) is 15.5. The number of aromatic nitrogens is 5. The Morgan fingerprint density at radius 1 is 1.00 bits per heavy atom. The predicted molar refractivity (Wildman–Crippen MR) is 188 cm³/mol. The summed E-state index contributed by atoms with van der Waals surface area (Å²) in [6.07, 6.45) is 6.91. The van der Waals surface area contributed by atoms with Crippen LogP contribution in [0.4, 0.5) is 11.5 Å². The zero-order valence-corrected chi connectivity index (χ0v) is 28.5. The number of imidazole rings is 1. The van der Waals surface area contributed by atoms with E-state index in [1.54, 1.807) is 40.8 Å². The maximum Gasteiger partial charge on any atom is 0.341 e. The minimum Gasteiger partial charge on any atom is -0.477 e. The van der Waals surface area contributed by atoms with Gasteiger partial charge in [0.15, 0.2) is 0 Å². The van der Waals surface area contributed by atoms with Crippen LogP contribution in [0.5, 0.6) is 0 Å². The Hall–Kier alpha value is -4.39. The lowest BCUT2D eigenvalue weighted by molar-refractivity contribution is 0.0695. The standard InChI is InChI=1S/C24H26ClN5O3.C7H6ClN3O.C2H6/c1-27(2)16-12-29(13-16)22-6-5-15(11-26-22)30-14-18(24(32)33)23(31)17-9-19(25)21(10-20(17)30)28-7-3-4-8-28;1-11-3-9-5-2-4(8)7(12)10-6(5)11;1-2/h5-6,9-11,14,16H,3-4,7-8,12-13H2,1-2H3,(H,32,33);2-3H,1H3,(H,10,12);1-2H3. The molecule has 6 heterocycles. The van der Waals surface area contributed by atoms with Gasteiger partial charge in [-0.2, -0.15) is 0 Å². The molecule has 14 heteroatoms. The van der Waals surface area contributed by atoms with Crippen LogP contribution in [0.25, 0.3) is 27.8 Å². The highest BCUT2D eigenvalue weighted by molar-refractivity contribution is 6.34. The number of hydrogen-bond donors (Lipinski definition) is 2. The van der Waals surface area contributed by atoms with E-state index in [0.29, 0.717) is 33.4 Å². The third kappa shape index (κ3) is 6.85. The highest BCUT2D eigenvalue weighted by atomic mass is 35.5. The van der Waals surface area contributed by atoms with Crippen molar-refractivity contribution in [1.82, 2.24) is 29.0 Å². The molecular weight excluding hydrogens is 643 g/mol. The van der Waals surface area contributed by atoms with Gasteiger partial charge in [0.25, 0.3) is 5.56 Å². The summed E-state index contributed by atoms with van der Waals surface area (Å²) in [5.74, 6) is -0.392. The van der Waals surface area contributed by atoms with Gasteiger partial charge in [0.2, 0.25) is 5.43 Å². The lowest BCUT2D eigenvalue weighted by atomic mass is 10.1. The van der Waals surface area contributed by atoms with E-state index in [1.807, 2.05) is 32.0 Å².